The average molecular weight is 525 g/mol. The van der Waals surface area contributed by atoms with Crippen LogP contribution >= 0.6 is 23.1 Å². The zero-order valence-electron chi connectivity index (χ0n) is 19.7. The van der Waals surface area contributed by atoms with Gasteiger partial charge in [0.05, 0.1) is 17.6 Å². The predicted molar refractivity (Wildman–Crippen MR) is 150 cm³/mol. The van der Waals surface area contributed by atoms with Gasteiger partial charge in [-0.3, -0.25) is 10.2 Å². The maximum absolute atomic E-state index is 12.8. The molecule has 0 spiro atoms. The number of amidine groups is 2. The van der Waals surface area contributed by atoms with Crippen LogP contribution in [0, 0.1) is 5.41 Å². The highest BCUT2D eigenvalue weighted by molar-refractivity contribution is 8.27. The summed E-state index contributed by atoms with van der Waals surface area (Å²) < 4.78 is 11.7. The molecule has 0 bridgehead atoms. The summed E-state index contributed by atoms with van der Waals surface area (Å²) in [6, 6.07) is 23.6. The second kappa shape index (κ2) is 9.68. The van der Waals surface area contributed by atoms with Gasteiger partial charge < -0.3 is 9.47 Å². The molecule has 0 atom stereocenters. The molecule has 2 aliphatic heterocycles. The summed E-state index contributed by atoms with van der Waals surface area (Å²) in [7, 11) is 1.57. The Morgan fingerprint density at radius 1 is 1.03 bits per heavy atom. The topological polar surface area (TPSA) is 87.3 Å². The fourth-order valence-corrected chi connectivity index (χ4v) is 5.81. The van der Waals surface area contributed by atoms with Crippen LogP contribution in [0.3, 0.4) is 0 Å². The lowest BCUT2D eigenvalue weighted by Crippen LogP contribution is -2.35. The van der Waals surface area contributed by atoms with E-state index in [0.717, 1.165) is 26.3 Å². The van der Waals surface area contributed by atoms with Crippen LogP contribution in [0.15, 0.2) is 93.8 Å². The summed E-state index contributed by atoms with van der Waals surface area (Å²) in [5, 5.41) is 19.9. The van der Waals surface area contributed by atoms with E-state index < -0.39 is 5.91 Å². The number of methoxy groups -OCH3 is 1. The van der Waals surface area contributed by atoms with Crippen molar-refractivity contribution < 1.29 is 14.3 Å². The van der Waals surface area contributed by atoms with Crippen molar-refractivity contribution in [2.45, 2.75) is 6.61 Å². The van der Waals surface area contributed by atoms with Crippen molar-refractivity contribution in [3.05, 3.63) is 99.8 Å². The molecule has 0 saturated heterocycles. The van der Waals surface area contributed by atoms with Gasteiger partial charge in [-0.1, -0.05) is 54.6 Å². The van der Waals surface area contributed by atoms with Crippen molar-refractivity contribution in [2.75, 3.05) is 7.11 Å². The molecule has 6 rings (SSSR count). The van der Waals surface area contributed by atoms with Crippen molar-refractivity contribution in [2.24, 2.45) is 10.1 Å². The largest absolute Gasteiger partial charge is 0.493 e. The van der Waals surface area contributed by atoms with Crippen molar-refractivity contribution in [1.82, 2.24) is 5.01 Å². The highest BCUT2D eigenvalue weighted by atomic mass is 32.2. The maximum Gasteiger partial charge on any atom is 0.283 e. The van der Waals surface area contributed by atoms with Crippen LogP contribution in [-0.4, -0.2) is 34.1 Å². The number of hydrogen-bond acceptors (Lipinski definition) is 7. The van der Waals surface area contributed by atoms with Gasteiger partial charge >= 0.3 is 0 Å². The summed E-state index contributed by atoms with van der Waals surface area (Å²) in [5.41, 5.74) is 1.93. The molecule has 4 aromatic rings. The van der Waals surface area contributed by atoms with Crippen molar-refractivity contribution >= 4 is 61.9 Å². The number of amides is 1. The fraction of sp³-hybridized carbons (Fsp3) is 0.0714. The number of benzene rings is 3. The van der Waals surface area contributed by atoms with E-state index >= 15 is 0 Å². The summed E-state index contributed by atoms with van der Waals surface area (Å²) in [6.45, 7) is 0.385. The number of aliphatic imine (C=N–C) groups is 1. The Morgan fingerprint density at radius 2 is 1.89 bits per heavy atom. The molecule has 0 aliphatic carbocycles. The molecule has 2 aliphatic rings. The SMILES string of the molecule is COc1cc(C=C2C(=N)N3N=C(c4cccs4)SC3=NC2=O)ccc1OCc1cccc2ccccc12. The summed E-state index contributed by atoms with van der Waals surface area (Å²) in [6.07, 6.45) is 1.63. The van der Waals surface area contributed by atoms with Gasteiger partial charge in [0, 0.05) is 0 Å². The molecule has 0 fully saturated rings. The lowest BCUT2D eigenvalue weighted by molar-refractivity contribution is -0.114. The summed E-state index contributed by atoms with van der Waals surface area (Å²) in [5.74, 6) is 0.637. The molecule has 0 unspecified atom stereocenters. The molecule has 7 nitrogen and oxygen atoms in total. The second-order valence-corrected chi connectivity index (χ2v) is 10.1. The van der Waals surface area contributed by atoms with Crippen molar-refractivity contribution in [3.63, 3.8) is 0 Å². The first kappa shape index (κ1) is 23.2. The molecular weight excluding hydrogens is 504 g/mol. The zero-order valence-corrected chi connectivity index (χ0v) is 21.3. The number of rotatable bonds is 6. The minimum Gasteiger partial charge on any atom is -0.493 e. The van der Waals surface area contributed by atoms with Gasteiger partial charge in [0.1, 0.15) is 11.7 Å². The molecule has 37 heavy (non-hydrogen) atoms. The van der Waals surface area contributed by atoms with Gasteiger partial charge in [-0.2, -0.15) is 15.1 Å². The Balaban J connectivity index is 1.24. The smallest absolute Gasteiger partial charge is 0.283 e. The lowest BCUT2D eigenvalue weighted by Gasteiger charge is -2.20. The summed E-state index contributed by atoms with van der Waals surface area (Å²) in [4.78, 5) is 17.9. The van der Waals surface area contributed by atoms with Gasteiger partial charge in [0.15, 0.2) is 17.3 Å². The number of hydrazone groups is 1. The van der Waals surface area contributed by atoms with Gasteiger partial charge in [-0.05, 0) is 63.3 Å². The van der Waals surface area contributed by atoms with Gasteiger partial charge in [0.25, 0.3) is 5.91 Å². The second-order valence-electron chi connectivity index (χ2n) is 8.24. The van der Waals surface area contributed by atoms with E-state index in [1.54, 1.807) is 36.7 Å². The Bertz CT molecular complexity index is 1640. The molecule has 1 amide bonds. The minimum atomic E-state index is -0.471. The molecule has 1 aromatic heterocycles. The summed E-state index contributed by atoms with van der Waals surface area (Å²) >= 11 is 2.84. The molecule has 0 radical (unpaired) electrons. The quantitative estimate of drug-likeness (QED) is 0.306. The normalized spacial score (nSPS) is 16.1. The maximum atomic E-state index is 12.8. The number of carbonyl (C=O) groups is 1. The Morgan fingerprint density at radius 3 is 2.73 bits per heavy atom. The highest BCUT2D eigenvalue weighted by Crippen LogP contribution is 2.34. The average Bonchev–Trinajstić information content (AvgIpc) is 3.60. The van der Waals surface area contributed by atoms with Gasteiger partial charge in [-0.25, -0.2) is 0 Å². The number of nitrogens with one attached hydrogen (secondary N) is 1. The van der Waals surface area contributed by atoms with Crippen LogP contribution < -0.4 is 9.47 Å². The van der Waals surface area contributed by atoms with Crippen LogP contribution in [0.4, 0.5) is 0 Å². The third-order valence-corrected chi connectivity index (χ3v) is 7.90. The first-order valence-corrected chi connectivity index (χ1v) is 13.1. The molecular formula is C28H20N4O3S2. The monoisotopic (exact) mass is 524 g/mol. The van der Waals surface area contributed by atoms with Crippen molar-refractivity contribution in [1.29, 1.82) is 5.41 Å². The molecule has 0 saturated carbocycles. The first-order valence-electron chi connectivity index (χ1n) is 11.4. The number of thiophene rings is 1. The molecule has 182 valence electrons. The Labute approximate surface area is 221 Å². The number of nitrogens with zero attached hydrogens (tertiary/aromatic N) is 3. The van der Waals surface area contributed by atoms with E-state index in [2.05, 4.69) is 28.3 Å². The Kier molecular flexibility index (Phi) is 6.07. The zero-order chi connectivity index (χ0) is 25.4. The van der Waals surface area contributed by atoms with Crippen LogP contribution in [0.2, 0.25) is 0 Å². The van der Waals surface area contributed by atoms with E-state index in [1.165, 1.54) is 16.8 Å². The predicted octanol–water partition coefficient (Wildman–Crippen LogP) is 6.16. The highest BCUT2D eigenvalue weighted by Gasteiger charge is 2.36. The number of fused-ring (bicyclic) bond motifs is 2. The molecule has 3 aromatic carbocycles. The third-order valence-electron chi connectivity index (χ3n) is 5.95. The third kappa shape index (κ3) is 4.43. The van der Waals surface area contributed by atoms with Gasteiger partial charge in [0.2, 0.25) is 5.17 Å². The van der Waals surface area contributed by atoms with Crippen LogP contribution in [0.1, 0.15) is 16.0 Å². The van der Waals surface area contributed by atoms with E-state index in [0.29, 0.717) is 28.8 Å². The van der Waals surface area contributed by atoms with E-state index in [-0.39, 0.29) is 11.4 Å². The standard InChI is InChI=1S/C28H20N4O3S2/c1-34-23-15-17(11-12-22(23)35-16-19-8-4-7-18-6-2-3-9-20(18)19)14-21-25(29)32-28(30-26(21)33)37-27(31-32)24-10-5-13-36-24/h2-15,29H,16H2,1H3. The number of carbonyl (C=O) groups excluding carboxylic acids is 1. The molecule has 9 heteroatoms. The molecule has 3 heterocycles. The number of thioether (sulfide) groups is 1. The van der Waals surface area contributed by atoms with Crippen LogP contribution in [-0.2, 0) is 11.4 Å². The fourth-order valence-electron chi connectivity index (χ4n) is 4.13. The first-order chi connectivity index (χ1) is 18.1. The van der Waals surface area contributed by atoms with Crippen molar-refractivity contribution in [3.8, 4) is 11.5 Å². The Hall–Kier alpha value is -4.21. The van der Waals surface area contributed by atoms with E-state index in [9.17, 15) is 4.79 Å². The van der Waals surface area contributed by atoms with Crippen LogP contribution in [0.25, 0.3) is 16.8 Å². The van der Waals surface area contributed by atoms with E-state index in [1.807, 2.05) is 47.8 Å². The minimum absolute atomic E-state index is 0.00990. The number of ether oxygens (including phenoxy) is 2. The van der Waals surface area contributed by atoms with Gasteiger partial charge in [-0.15, -0.1) is 11.3 Å². The van der Waals surface area contributed by atoms with E-state index in [4.69, 9.17) is 14.9 Å². The molecule has 1 N–H and O–H groups in total. The number of hydrogen-bond donors (Lipinski definition) is 1. The van der Waals surface area contributed by atoms with Crippen LogP contribution in [0.5, 0.6) is 11.5 Å². The lowest BCUT2D eigenvalue weighted by atomic mass is 10.1.